The Morgan fingerprint density at radius 1 is 0.741 bits per heavy atom. The molecule has 0 atom stereocenters. The molecule has 0 amide bonds. The lowest BCUT2D eigenvalue weighted by Crippen LogP contribution is -1.95. The monoisotopic (exact) mass is 398 g/mol. The highest BCUT2D eigenvalue weighted by atomic mass is 31.2. The fourth-order valence-electron chi connectivity index (χ4n) is 2.11. The van der Waals surface area contributed by atoms with Crippen LogP contribution in [-0.4, -0.2) is 43.1 Å². The van der Waals surface area contributed by atoms with Crippen LogP contribution in [0.15, 0.2) is 36.4 Å². The topological polar surface area (TPSA) is 115 Å². The predicted molar refractivity (Wildman–Crippen MR) is 102 cm³/mol. The number of rotatable bonds is 6. The summed E-state index contributed by atoms with van der Waals surface area (Å²) in [4.78, 5) is 21.6. The van der Waals surface area contributed by atoms with Crippen LogP contribution < -0.4 is 18.9 Å². The van der Waals surface area contributed by atoms with E-state index in [2.05, 4.69) is 0 Å². The Kier molecular flexibility index (Phi) is 8.84. The minimum absolute atomic E-state index is 0.589. The minimum atomic E-state index is -4.64. The molecule has 9 heteroatoms. The lowest BCUT2D eigenvalue weighted by atomic mass is 10.1. The van der Waals surface area contributed by atoms with Crippen molar-refractivity contribution in [2.75, 3.05) is 28.4 Å². The standard InChI is InChI=1S/C18H20O4.H3O4P/c1-19-15-9-7-13(8-10-15)5-6-14-11-16(20-2)18(22-4)17(12-14)21-3;1-5(2,3)4/h5-12H,1-4H3;(H3,1,2,3,4)/b6-5-;. The Balaban J connectivity index is 0.000000646. The van der Waals surface area contributed by atoms with Gasteiger partial charge in [0.2, 0.25) is 5.75 Å². The Bertz CT molecular complexity index is 762. The number of benzene rings is 2. The average molecular weight is 398 g/mol. The van der Waals surface area contributed by atoms with Gasteiger partial charge in [-0.15, -0.1) is 0 Å². The minimum Gasteiger partial charge on any atom is -0.497 e. The maximum Gasteiger partial charge on any atom is 0.466 e. The van der Waals surface area contributed by atoms with Crippen LogP contribution in [0.4, 0.5) is 0 Å². The van der Waals surface area contributed by atoms with Crippen LogP contribution in [0.3, 0.4) is 0 Å². The van der Waals surface area contributed by atoms with E-state index in [-0.39, 0.29) is 0 Å². The van der Waals surface area contributed by atoms with E-state index >= 15 is 0 Å². The number of phosphoric acid groups is 1. The number of methoxy groups -OCH3 is 4. The van der Waals surface area contributed by atoms with Crippen molar-refractivity contribution in [3.8, 4) is 23.0 Å². The molecule has 8 nitrogen and oxygen atoms in total. The Morgan fingerprint density at radius 2 is 1.19 bits per heavy atom. The molecule has 0 aliphatic rings. The summed E-state index contributed by atoms with van der Waals surface area (Å²) in [5.41, 5.74) is 2.04. The van der Waals surface area contributed by atoms with Crippen molar-refractivity contribution in [1.82, 2.24) is 0 Å². The van der Waals surface area contributed by atoms with E-state index in [0.29, 0.717) is 17.2 Å². The molecular weight excluding hydrogens is 375 g/mol. The van der Waals surface area contributed by atoms with Gasteiger partial charge in [-0.2, -0.15) is 0 Å². The third-order valence-electron chi connectivity index (χ3n) is 3.27. The fraction of sp³-hybridized carbons (Fsp3) is 0.222. The maximum absolute atomic E-state index is 8.88. The zero-order chi connectivity index (χ0) is 20.4. The fourth-order valence-corrected chi connectivity index (χ4v) is 2.11. The van der Waals surface area contributed by atoms with Gasteiger partial charge in [-0.3, -0.25) is 0 Å². The van der Waals surface area contributed by atoms with Crippen molar-refractivity contribution in [2.45, 2.75) is 0 Å². The second kappa shape index (κ2) is 10.6. The van der Waals surface area contributed by atoms with Crippen LogP contribution >= 0.6 is 7.82 Å². The van der Waals surface area contributed by atoms with Crippen molar-refractivity contribution in [3.63, 3.8) is 0 Å². The highest BCUT2D eigenvalue weighted by molar-refractivity contribution is 7.45. The summed E-state index contributed by atoms with van der Waals surface area (Å²) < 4.78 is 30.0. The zero-order valence-corrected chi connectivity index (χ0v) is 16.3. The molecular formula is C18H23O8P. The summed E-state index contributed by atoms with van der Waals surface area (Å²) in [6.07, 6.45) is 4.01. The molecule has 0 bridgehead atoms. The second-order valence-electron chi connectivity index (χ2n) is 5.08. The first kappa shape index (κ1) is 22.5. The first-order valence-electron chi connectivity index (χ1n) is 7.62. The van der Waals surface area contributed by atoms with E-state index in [1.807, 2.05) is 48.6 Å². The van der Waals surface area contributed by atoms with Gasteiger partial charge in [0.05, 0.1) is 28.4 Å². The van der Waals surface area contributed by atoms with Crippen molar-refractivity contribution in [3.05, 3.63) is 47.5 Å². The average Bonchev–Trinajstić information content (AvgIpc) is 2.64. The Morgan fingerprint density at radius 3 is 1.56 bits per heavy atom. The van der Waals surface area contributed by atoms with E-state index in [1.165, 1.54) is 0 Å². The SMILES string of the molecule is COc1ccc(/C=C\c2cc(OC)c(OC)c(OC)c2)cc1.O=P(O)(O)O. The number of hydrogen-bond donors (Lipinski definition) is 3. The molecule has 0 saturated heterocycles. The second-order valence-corrected chi connectivity index (χ2v) is 6.10. The van der Waals surface area contributed by atoms with Gasteiger partial charge in [0.15, 0.2) is 11.5 Å². The van der Waals surface area contributed by atoms with E-state index < -0.39 is 7.82 Å². The van der Waals surface area contributed by atoms with Crippen LogP contribution in [-0.2, 0) is 4.57 Å². The predicted octanol–water partition coefficient (Wildman–Crippen LogP) is 2.96. The molecule has 2 rings (SSSR count). The molecule has 0 radical (unpaired) electrons. The summed E-state index contributed by atoms with van der Waals surface area (Å²) in [5, 5.41) is 0. The number of ether oxygens (including phenoxy) is 4. The summed E-state index contributed by atoms with van der Waals surface area (Å²) in [6, 6.07) is 11.6. The highest BCUT2D eigenvalue weighted by Crippen LogP contribution is 2.38. The van der Waals surface area contributed by atoms with E-state index in [4.69, 9.17) is 38.2 Å². The molecule has 148 valence electrons. The quantitative estimate of drug-likeness (QED) is 0.503. The summed E-state index contributed by atoms with van der Waals surface area (Å²) in [7, 11) is 1.82. The molecule has 3 N–H and O–H groups in total. The molecule has 0 aliphatic heterocycles. The molecule has 2 aromatic rings. The molecule has 27 heavy (non-hydrogen) atoms. The third-order valence-corrected chi connectivity index (χ3v) is 3.27. The van der Waals surface area contributed by atoms with Gasteiger partial charge in [0, 0.05) is 0 Å². The van der Waals surface area contributed by atoms with Crippen LogP contribution in [0.1, 0.15) is 11.1 Å². The van der Waals surface area contributed by atoms with E-state index in [1.54, 1.807) is 28.4 Å². The van der Waals surface area contributed by atoms with Gasteiger partial charge < -0.3 is 33.6 Å². The molecule has 0 saturated carbocycles. The largest absolute Gasteiger partial charge is 0.497 e. The third kappa shape index (κ3) is 8.15. The molecule has 0 fully saturated rings. The van der Waals surface area contributed by atoms with Crippen molar-refractivity contribution < 1.29 is 38.2 Å². The smallest absolute Gasteiger partial charge is 0.466 e. The van der Waals surface area contributed by atoms with Crippen molar-refractivity contribution in [2.24, 2.45) is 0 Å². The number of hydrogen-bond acceptors (Lipinski definition) is 5. The van der Waals surface area contributed by atoms with Gasteiger partial charge in [-0.05, 0) is 35.4 Å². The van der Waals surface area contributed by atoms with Crippen LogP contribution in [0.25, 0.3) is 12.2 Å². The summed E-state index contributed by atoms with van der Waals surface area (Å²) in [6.45, 7) is 0. The highest BCUT2D eigenvalue weighted by Gasteiger charge is 2.11. The lowest BCUT2D eigenvalue weighted by molar-refractivity contribution is 0.275. The molecule has 0 aliphatic carbocycles. The van der Waals surface area contributed by atoms with Gasteiger partial charge >= 0.3 is 7.82 Å². The normalized spacial score (nSPS) is 10.8. The van der Waals surface area contributed by atoms with Crippen LogP contribution in [0.5, 0.6) is 23.0 Å². The van der Waals surface area contributed by atoms with Crippen LogP contribution in [0.2, 0.25) is 0 Å². The van der Waals surface area contributed by atoms with Gasteiger partial charge in [0.1, 0.15) is 5.75 Å². The molecule has 0 aromatic heterocycles. The van der Waals surface area contributed by atoms with Crippen molar-refractivity contribution in [1.29, 1.82) is 0 Å². The Hall–Kier alpha value is -2.51. The molecule has 0 unspecified atom stereocenters. The molecule has 2 aromatic carbocycles. The van der Waals surface area contributed by atoms with E-state index in [9.17, 15) is 0 Å². The summed E-state index contributed by atoms with van der Waals surface area (Å²) >= 11 is 0. The molecule has 0 heterocycles. The van der Waals surface area contributed by atoms with Gasteiger partial charge in [0.25, 0.3) is 0 Å². The zero-order valence-electron chi connectivity index (χ0n) is 15.4. The first-order chi connectivity index (χ1) is 12.7. The first-order valence-corrected chi connectivity index (χ1v) is 9.18. The van der Waals surface area contributed by atoms with E-state index in [0.717, 1.165) is 16.9 Å². The van der Waals surface area contributed by atoms with Crippen molar-refractivity contribution >= 4 is 20.0 Å². The van der Waals surface area contributed by atoms with Gasteiger partial charge in [-0.25, -0.2) is 4.57 Å². The van der Waals surface area contributed by atoms with Gasteiger partial charge in [-0.1, -0.05) is 24.3 Å². The maximum atomic E-state index is 8.88. The molecule has 0 spiro atoms. The van der Waals surface area contributed by atoms with Crippen LogP contribution in [0, 0.1) is 0 Å². The lowest BCUT2D eigenvalue weighted by Gasteiger charge is -2.12. The summed E-state index contributed by atoms with van der Waals surface area (Å²) in [5.74, 6) is 2.70. The Labute approximate surface area is 157 Å².